The topological polar surface area (TPSA) is 67.4 Å². The van der Waals surface area contributed by atoms with Gasteiger partial charge in [-0.3, -0.25) is 9.59 Å². The van der Waals surface area contributed by atoms with Crippen molar-refractivity contribution in [2.24, 2.45) is 0 Å². The second-order valence-electron chi connectivity index (χ2n) is 5.32. The van der Waals surface area contributed by atoms with Crippen LogP contribution in [0, 0.1) is 0 Å². The first-order valence-corrected chi connectivity index (χ1v) is 7.99. The normalized spacial score (nSPS) is 10.2. The van der Waals surface area contributed by atoms with Crippen molar-refractivity contribution >= 4 is 23.2 Å². The van der Waals surface area contributed by atoms with Crippen molar-refractivity contribution < 1.29 is 14.3 Å². The van der Waals surface area contributed by atoms with Gasteiger partial charge in [-0.15, -0.1) is 0 Å². The number of nitrogens with one attached hydrogen (secondary N) is 2. The third-order valence-electron chi connectivity index (χ3n) is 3.38. The Balaban J connectivity index is 1.69. The summed E-state index contributed by atoms with van der Waals surface area (Å²) in [6, 6.07) is 17.0. The lowest BCUT2D eigenvalue weighted by Gasteiger charge is -2.08. The highest BCUT2D eigenvalue weighted by Crippen LogP contribution is 2.13. The highest BCUT2D eigenvalue weighted by molar-refractivity contribution is 5.93. The summed E-state index contributed by atoms with van der Waals surface area (Å²) in [5, 5.41) is 5.51. The highest BCUT2D eigenvalue weighted by atomic mass is 16.5. The molecule has 0 bridgehead atoms. The molecule has 2 aromatic carbocycles. The van der Waals surface area contributed by atoms with Gasteiger partial charge in [-0.25, -0.2) is 0 Å². The van der Waals surface area contributed by atoms with Gasteiger partial charge in [-0.2, -0.15) is 0 Å². The molecule has 0 radical (unpaired) electrons. The molecule has 0 aliphatic rings. The van der Waals surface area contributed by atoms with E-state index in [0.29, 0.717) is 24.4 Å². The summed E-state index contributed by atoms with van der Waals surface area (Å²) in [5.74, 6) is -0.244. The average Bonchev–Trinajstić information content (AvgIpc) is 2.61. The van der Waals surface area contributed by atoms with Crippen LogP contribution in [0.15, 0.2) is 54.6 Å². The van der Waals surface area contributed by atoms with Gasteiger partial charge in [0.15, 0.2) is 0 Å². The zero-order chi connectivity index (χ0) is 17.2. The Morgan fingerprint density at radius 3 is 2.04 bits per heavy atom. The average molecular weight is 326 g/mol. The van der Waals surface area contributed by atoms with Crippen molar-refractivity contribution in [1.82, 2.24) is 0 Å². The third-order valence-corrected chi connectivity index (χ3v) is 3.38. The van der Waals surface area contributed by atoms with E-state index in [1.165, 1.54) is 5.56 Å². The fraction of sp³-hybridized carbons (Fsp3) is 0.263. The first kappa shape index (κ1) is 17.7. The van der Waals surface area contributed by atoms with Crippen molar-refractivity contribution in [3.05, 3.63) is 60.2 Å². The van der Waals surface area contributed by atoms with Gasteiger partial charge in [0, 0.05) is 17.8 Å². The number of amides is 2. The molecule has 0 heterocycles. The molecule has 2 aromatic rings. The number of ether oxygens (including phenoxy) is 1. The number of rotatable bonds is 8. The molecular weight excluding hydrogens is 304 g/mol. The summed E-state index contributed by atoms with van der Waals surface area (Å²) in [7, 11) is 0. The summed E-state index contributed by atoms with van der Waals surface area (Å²) in [5.41, 5.74) is 2.56. The largest absolute Gasteiger partial charge is 0.371 e. The Morgan fingerprint density at radius 2 is 1.46 bits per heavy atom. The molecule has 0 fully saturated rings. The molecule has 0 unspecified atom stereocenters. The zero-order valence-corrected chi connectivity index (χ0v) is 13.7. The van der Waals surface area contributed by atoms with Crippen molar-refractivity contribution in [1.29, 1.82) is 0 Å². The summed E-state index contributed by atoms with van der Waals surface area (Å²) in [4.78, 5) is 23.1. The number of anilines is 2. The van der Waals surface area contributed by atoms with Crippen LogP contribution in [-0.2, 0) is 20.7 Å². The molecule has 0 atom stereocenters. The molecule has 2 amide bonds. The van der Waals surface area contributed by atoms with E-state index in [9.17, 15) is 9.59 Å². The van der Waals surface area contributed by atoms with Gasteiger partial charge in [0.1, 0.15) is 6.61 Å². The zero-order valence-electron chi connectivity index (χ0n) is 13.7. The predicted octanol–water partition coefficient (Wildman–Crippen LogP) is 3.23. The summed E-state index contributed by atoms with van der Waals surface area (Å²) < 4.78 is 5.39. The molecule has 0 spiro atoms. The SMILES string of the molecule is CCC(=O)Nc1ccc(NC(=O)COCCc2ccccc2)cc1. The lowest BCUT2D eigenvalue weighted by Crippen LogP contribution is -2.19. The third kappa shape index (κ3) is 6.22. The standard InChI is InChI=1S/C19H22N2O3/c1-2-18(22)20-16-8-10-17(11-9-16)21-19(23)14-24-13-12-15-6-4-3-5-7-15/h3-11H,2,12-14H2,1H3,(H,20,22)(H,21,23). The molecule has 126 valence electrons. The van der Waals surface area contributed by atoms with Crippen LogP contribution in [0.2, 0.25) is 0 Å². The second-order valence-corrected chi connectivity index (χ2v) is 5.32. The molecule has 0 saturated heterocycles. The molecule has 0 aromatic heterocycles. The van der Waals surface area contributed by atoms with E-state index in [1.54, 1.807) is 31.2 Å². The van der Waals surface area contributed by atoms with E-state index in [0.717, 1.165) is 6.42 Å². The van der Waals surface area contributed by atoms with Crippen molar-refractivity contribution in [3.63, 3.8) is 0 Å². The Bertz CT molecular complexity index is 654. The van der Waals surface area contributed by atoms with E-state index in [1.807, 2.05) is 30.3 Å². The van der Waals surface area contributed by atoms with Crippen LogP contribution >= 0.6 is 0 Å². The maximum atomic E-state index is 11.8. The molecule has 5 heteroatoms. The lowest BCUT2D eigenvalue weighted by atomic mass is 10.2. The first-order chi connectivity index (χ1) is 11.7. The minimum absolute atomic E-state index is 0.0150. The van der Waals surface area contributed by atoms with Crippen molar-refractivity contribution in [3.8, 4) is 0 Å². The quantitative estimate of drug-likeness (QED) is 0.732. The Morgan fingerprint density at radius 1 is 0.875 bits per heavy atom. The predicted molar refractivity (Wildman–Crippen MR) is 95.0 cm³/mol. The lowest BCUT2D eigenvalue weighted by molar-refractivity contribution is -0.120. The maximum absolute atomic E-state index is 11.8. The smallest absolute Gasteiger partial charge is 0.250 e. The maximum Gasteiger partial charge on any atom is 0.250 e. The van der Waals surface area contributed by atoms with Crippen LogP contribution in [-0.4, -0.2) is 25.0 Å². The molecule has 24 heavy (non-hydrogen) atoms. The first-order valence-electron chi connectivity index (χ1n) is 7.99. The second kappa shape index (κ2) is 9.47. The van der Waals surface area contributed by atoms with E-state index in [4.69, 9.17) is 4.74 Å². The molecule has 2 rings (SSSR count). The highest BCUT2D eigenvalue weighted by Gasteiger charge is 2.04. The molecule has 0 aliphatic carbocycles. The Kier molecular flexibility index (Phi) is 6.98. The van der Waals surface area contributed by atoms with Crippen LogP contribution in [0.3, 0.4) is 0 Å². The van der Waals surface area contributed by atoms with Crippen LogP contribution in [0.5, 0.6) is 0 Å². The van der Waals surface area contributed by atoms with Gasteiger partial charge in [0.05, 0.1) is 6.61 Å². The number of hydrogen-bond acceptors (Lipinski definition) is 3. The number of hydrogen-bond donors (Lipinski definition) is 2. The van der Waals surface area contributed by atoms with E-state index >= 15 is 0 Å². The van der Waals surface area contributed by atoms with Gasteiger partial charge in [0.25, 0.3) is 0 Å². The van der Waals surface area contributed by atoms with E-state index in [2.05, 4.69) is 10.6 Å². The Labute approximate surface area is 142 Å². The van der Waals surface area contributed by atoms with E-state index in [-0.39, 0.29) is 18.4 Å². The Hall–Kier alpha value is -2.66. The van der Waals surface area contributed by atoms with Gasteiger partial charge in [0.2, 0.25) is 11.8 Å². The summed E-state index contributed by atoms with van der Waals surface area (Å²) in [6.45, 7) is 2.31. The molecule has 0 aliphatic heterocycles. The summed E-state index contributed by atoms with van der Waals surface area (Å²) >= 11 is 0. The van der Waals surface area contributed by atoms with E-state index < -0.39 is 0 Å². The van der Waals surface area contributed by atoms with Crippen LogP contribution in [0.25, 0.3) is 0 Å². The van der Waals surface area contributed by atoms with Crippen LogP contribution < -0.4 is 10.6 Å². The van der Waals surface area contributed by atoms with Crippen LogP contribution in [0.1, 0.15) is 18.9 Å². The van der Waals surface area contributed by atoms with Crippen molar-refractivity contribution in [2.45, 2.75) is 19.8 Å². The molecule has 5 nitrogen and oxygen atoms in total. The number of carbonyl (C=O) groups excluding carboxylic acids is 2. The van der Waals surface area contributed by atoms with Crippen molar-refractivity contribution in [2.75, 3.05) is 23.8 Å². The van der Waals surface area contributed by atoms with Gasteiger partial charge in [-0.05, 0) is 36.2 Å². The number of benzene rings is 2. The fourth-order valence-corrected chi connectivity index (χ4v) is 2.08. The van der Waals surface area contributed by atoms with Crippen LogP contribution in [0.4, 0.5) is 11.4 Å². The van der Waals surface area contributed by atoms with Gasteiger partial charge >= 0.3 is 0 Å². The monoisotopic (exact) mass is 326 g/mol. The fourth-order valence-electron chi connectivity index (χ4n) is 2.08. The minimum Gasteiger partial charge on any atom is -0.371 e. The minimum atomic E-state index is -0.201. The molecule has 2 N–H and O–H groups in total. The van der Waals surface area contributed by atoms with Gasteiger partial charge in [-0.1, -0.05) is 37.3 Å². The summed E-state index contributed by atoms with van der Waals surface area (Å²) in [6.07, 6.45) is 1.21. The van der Waals surface area contributed by atoms with Gasteiger partial charge < -0.3 is 15.4 Å². The molecule has 0 saturated carbocycles. The molecular formula is C19H22N2O3. The number of carbonyl (C=O) groups is 2.